The minimum absolute atomic E-state index is 0.0917. The van der Waals surface area contributed by atoms with E-state index in [1.807, 2.05) is 4.90 Å². The highest BCUT2D eigenvalue weighted by Gasteiger charge is 2.27. The van der Waals surface area contributed by atoms with Gasteiger partial charge in [0.1, 0.15) is 0 Å². The van der Waals surface area contributed by atoms with Gasteiger partial charge in [-0.15, -0.1) is 5.10 Å². The van der Waals surface area contributed by atoms with Crippen LogP contribution in [0.25, 0.3) is 0 Å². The fraction of sp³-hybridized carbons (Fsp3) is 0.667. The molecule has 2 rings (SSSR count). The summed E-state index contributed by atoms with van der Waals surface area (Å²) >= 11 is 0. The van der Waals surface area contributed by atoms with Gasteiger partial charge in [-0.2, -0.15) is 0 Å². The maximum Gasteiger partial charge on any atom is 0.322 e. The number of carbonyl (C=O) groups excluding carboxylic acids is 2. The Morgan fingerprint density at radius 1 is 1.50 bits per heavy atom. The molecule has 1 aromatic heterocycles. The molecule has 1 saturated heterocycles. The minimum atomic E-state index is -0.237. The number of hydrogen-bond donors (Lipinski definition) is 1. The van der Waals surface area contributed by atoms with Crippen molar-refractivity contribution in [3.63, 3.8) is 0 Å². The van der Waals surface area contributed by atoms with E-state index in [-0.39, 0.29) is 30.4 Å². The predicted molar refractivity (Wildman–Crippen MR) is 68.8 cm³/mol. The van der Waals surface area contributed by atoms with Crippen molar-refractivity contribution in [3.8, 4) is 0 Å². The largest absolute Gasteiger partial charge is 0.469 e. The van der Waals surface area contributed by atoms with Crippen LogP contribution in [-0.4, -0.2) is 53.7 Å². The monoisotopic (exact) mass is 282 g/mol. The summed E-state index contributed by atoms with van der Waals surface area (Å²) in [5, 5.41) is 9.85. The molecule has 1 N–H and O–H groups in total. The number of rotatable bonds is 4. The number of aromatic nitrogens is 2. The average Bonchev–Trinajstić information content (AvgIpc) is 2.83. The first kappa shape index (κ1) is 14.4. The van der Waals surface area contributed by atoms with Gasteiger partial charge in [0.25, 0.3) is 0 Å². The Bertz CT molecular complexity index is 488. The summed E-state index contributed by atoms with van der Waals surface area (Å²) in [5.74, 6) is -0.224. The van der Waals surface area contributed by atoms with Gasteiger partial charge in [-0.05, 0) is 19.4 Å². The van der Waals surface area contributed by atoms with Crippen molar-refractivity contribution in [2.45, 2.75) is 19.8 Å². The smallest absolute Gasteiger partial charge is 0.322 e. The van der Waals surface area contributed by atoms with Gasteiger partial charge in [0.15, 0.2) is 0 Å². The Labute approximate surface area is 116 Å². The van der Waals surface area contributed by atoms with Crippen molar-refractivity contribution in [2.24, 2.45) is 5.92 Å². The normalized spacial score (nSPS) is 19.6. The summed E-state index contributed by atoms with van der Waals surface area (Å²) in [6, 6.07) is 0.0917. The Balaban J connectivity index is 1.83. The maximum absolute atomic E-state index is 11.8. The van der Waals surface area contributed by atoms with E-state index < -0.39 is 0 Å². The van der Waals surface area contributed by atoms with E-state index in [1.165, 1.54) is 7.11 Å². The quantitative estimate of drug-likeness (QED) is 0.788. The van der Waals surface area contributed by atoms with E-state index in [4.69, 9.17) is 9.15 Å². The van der Waals surface area contributed by atoms with Gasteiger partial charge in [-0.3, -0.25) is 19.8 Å². The zero-order chi connectivity index (χ0) is 14.5. The van der Waals surface area contributed by atoms with Crippen LogP contribution >= 0.6 is 0 Å². The SMILES string of the molecule is COC(=O)C1CCCN(CC(=O)Nc2nnc(C)o2)C1. The predicted octanol–water partition coefficient (Wildman–Crippen LogP) is 0.202. The molecule has 1 atom stereocenters. The summed E-state index contributed by atoms with van der Waals surface area (Å²) < 4.78 is 9.82. The molecule has 1 aliphatic rings. The molecule has 8 heteroatoms. The fourth-order valence-electron chi connectivity index (χ4n) is 2.27. The van der Waals surface area contributed by atoms with Gasteiger partial charge in [0.05, 0.1) is 19.6 Å². The second-order valence-electron chi connectivity index (χ2n) is 4.77. The number of hydrogen-bond acceptors (Lipinski definition) is 7. The van der Waals surface area contributed by atoms with Gasteiger partial charge >= 0.3 is 12.0 Å². The van der Waals surface area contributed by atoms with Crippen LogP contribution in [0.15, 0.2) is 4.42 Å². The Hall–Kier alpha value is -1.96. The van der Waals surface area contributed by atoms with Crippen molar-refractivity contribution in [1.82, 2.24) is 15.1 Å². The standard InChI is InChI=1S/C12H18N4O4/c1-8-14-15-12(20-8)13-10(17)7-16-5-3-4-9(6-16)11(18)19-2/h9H,3-7H2,1-2H3,(H,13,15,17). The molecule has 0 radical (unpaired) electrons. The van der Waals surface area contributed by atoms with Crippen LogP contribution in [0.5, 0.6) is 0 Å². The topological polar surface area (TPSA) is 97.6 Å². The van der Waals surface area contributed by atoms with Crippen molar-refractivity contribution < 1.29 is 18.7 Å². The molecule has 1 unspecified atom stereocenters. The van der Waals surface area contributed by atoms with Gasteiger partial charge < -0.3 is 9.15 Å². The third kappa shape index (κ3) is 3.77. The number of methoxy groups -OCH3 is 1. The summed E-state index contributed by atoms with van der Waals surface area (Å²) in [7, 11) is 1.38. The molecule has 1 aromatic rings. The molecule has 0 aromatic carbocycles. The number of piperidine rings is 1. The second kappa shape index (κ2) is 6.47. The van der Waals surface area contributed by atoms with Crippen LogP contribution in [0.2, 0.25) is 0 Å². The minimum Gasteiger partial charge on any atom is -0.469 e. The van der Waals surface area contributed by atoms with E-state index in [0.717, 1.165) is 19.4 Å². The molecule has 1 fully saturated rings. The third-order valence-corrected chi connectivity index (χ3v) is 3.18. The molecule has 0 spiro atoms. The number of ether oxygens (including phenoxy) is 1. The van der Waals surface area contributed by atoms with E-state index in [1.54, 1.807) is 6.92 Å². The molecule has 20 heavy (non-hydrogen) atoms. The van der Waals surface area contributed by atoms with Crippen LogP contribution in [-0.2, 0) is 14.3 Å². The third-order valence-electron chi connectivity index (χ3n) is 3.18. The van der Waals surface area contributed by atoms with Crippen molar-refractivity contribution in [1.29, 1.82) is 0 Å². The number of esters is 1. The number of nitrogens with zero attached hydrogens (tertiary/aromatic N) is 3. The van der Waals surface area contributed by atoms with Gasteiger partial charge in [0.2, 0.25) is 11.8 Å². The first-order chi connectivity index (χ1) is 9.58. The number of amides is 1. The number of anilines is 1. The summed E-state index contributed by atoms with van der Waals surface area (Å²) in [6.07, 6.45) is 1.67. The summed E-state index contributed by atoms with van der Waals surface area (Å²) in [4.78, 5) is 25.3. The first-order valence-corrected chi connectivity index (χ1v) is 6.48. The number of likely N-dealkylation sites (tertiary alicyclic amines) is 1. The van der Waals surface area contributed by atoms with E-state index in [2.05, 4.69) is 15.5 Å². The lowest BCUT2D eigenvalue weighted by Gasteiger charge is -2.30. The van der Waals surface area contributed by atoms with Crippen LogP contribution < -0.4 is 5.32 Å². The maximum atomic E-state index is 11.8. The number of nitrogens with one attached hydrogen (secondary N) is 1. The zero-order valence-corrected chi connectivity index (χ0v) is 11.6. The fourth-order valence-corrected chi connectivity index (χ4v) is 2.27. The van der Waals surface area contributed by atoms with E-state index in [0.29, 0.717) is 12.4 Å². The Morgan fingerprint density at radius 3 is 2.95 bits per heavy atom. The lowest BCUT2D eigenvalue weighted by Crippen LogP contribution is -2.42. The second-order valence-corrected chi connectivity index (χ2v) is 4.77. The van der Waals surface area contributed by atoms with Crippen LogP contribution in [0, 0.1) is 12.8 Å². The molecule has 2 heterocycles. The van der Waals surface area contributed by atoms with E-state index >= 15 is 0 Å². The molecular weight excluding hydrogens is 264 g/mol. The highest BCUT2D eigenvalue weighted by atomic mass is 16.5. The summed E-state index contributed by atoms with van der Waals surface area (Å²) in [6.45, 7) is 3.15. The molecule has 110 valence electrons. The van der Waals surface area contributed by atoms with Crippen LogP contribution in [0.4, 0.5) is 6.01 Å². The molecule has 0 aliphatic carbocycles. The lowest BCUT2D eigenvalue weighted by molar-refractivity contribution is -0.147. The number of aryl methyl sites for hydroxylation is 1. The highest BCUT2D eigenvalue weighted by molar-refractivity contribution is 5.90. The van der Waals surface area contributed by atoms with Crippen LogP contribution in [0.3, 0.4) is 0 Å². The van der Waals surface area contributed by atoms with Crippen molar-refractivity contribution in [3.05, 3.63) is 5.89 Å². The molecule has 0 bridgehead atoms. The molecule has 0 saturated carbocycles. The molecular formula is C12H18N4O4. The number of carbonyl (C=O) groups is 2. The summed E-state index contributed by atoms with van der Waals surface area (Å²) in [5.41, 5.74) is 0. The van der Waals surface area contributed by atoms with E-state index in [9.17, 15) is 9.59 Å². The van der Waals surface area contributed by atoms with Crippen molar-refractivity contribution in [2.75, 3.05) is 32.1 Å². The first-order valence-electron chi connectivity index (χ1n) is 6.48. The van der Waals surface area contributed by atoms with Gasteiger partial charge in [0, 0.05) is 13.5 Å². The Kier molecular flexibility index (Phi) is 4.67. The average molecular weight is 282 g/mol. The van der Waals surface area contributed by atoms with Crippen molar-refractivity contribution >= 4 is 17.9 Å². The molecule has 1 aliphatic heterocycles. The van der Waals surface area contributed by atoms with Gasteiger partial charge in [-0.25, -0.2) is 0 Å². The molecule has 8 nitrogen and oxygen atoms in total. The molecule has 1 amide bonds. The Morgan fingerprint density at radius 2 is 2.30 bits per heavy atom. The zero-order valence-electron chi connectivity index (χ0n) is 11.6. The lowest BCUT2D eigenvalue weighted by atomic mass is 9.98. The van der Waals surface area contributed by atoms with Crippen LogP contribution in [0.1, 0.15) is 18.7 Å². The highest BCUT2D eigenvalue weighted by Crippen LogP contribution is 2.17. The van der Waals surface area contributed by atoms with Gasteiger partial charge in [-0.1, -0.05) is 5.10 Å².